The number of rotatable bonds is 7. The average molecular weight is 253 g/mol. The molecule has 0 spiro atoms. The van der Waals surface area contributed by atoms with Gasteiger partial charge in [0.2, 0.25) is 10.0 Å². The molecule has 1 N–H and O–H groups in total. The Balaban J connectivity index is 4.48. The summed E-state index contributed by atoms with van der Waals surface area (Å²) >= 11 is 1.74. The fourth-order valence-corrected chi connectivity index (χ4v) is 2.96. The Labute approximate surface area is 98.5 Å². The summed E-state index contributed by atoms with van der Waals surface area (Å²) < 4.78 is 26.0. The smallest absolute Gasteiger partial charge is 0.213 e. The lowest BCUT2D eigenvalue weighted by Crippen LogP contribution is -2.42. The van der Waals surface area contributed by atoms with Gasteiger partial charge in [0.25, 0.3) is 0 Å². The summed E-state index contributed by atoms with van der Waals surface area (Å²) in [5, 5.41) is -0.356. The molecule has 0 atom stereocenters. The topological polar surface area (TPSA) is 46.2 Å². The molecule has 0 rings (SSSR count). The first-order valence-electron chi connectivity index (χ1n) is 5.37. The number of nitrogens with one attached hydrogen (secondary N) is 1. The summed E-state index contributed by atoms with van der Waals surface area (Å²) in [6, 6.07) is 0. The maximum atomic E-state index is 11.6. The van der Waals surface area contributed by atoms with Crippen molar-refractivity contribution in [2.75, 3.05) is 12.8 Å². The lowest BCUT2D eigenvalue weighted by Gasteiger charge is -2.30. The van der Waals surface area contributed by atoms with Crippen molar-refractivity contribution in [2.45, 2.75) is 50.5 Å². The number of hydrogen-bond acceptors (Lipinski definition) is 3. The van der Waals surface area contributed by atoms with Gasteiger partial charge in [-0.15, -0.1) is 0 Å². The van der Waals surface area contributed by atoms with Gasteiger partial charge in [-0.3, -0.25) is 0 Å². The van der Waals surface area contributed by atoms with Crippen molar-refractivity contribution in [1.82, 2.24) is 4.72 Å². The standard InChI is InChI=1S/C10H23NO2S2/c1-6-10(7-2,14-5)8-11-15(12,13)9(3)4/h9,11H,6-8H2,1-5H3. The molecular formula is C10H23NO2S2. The Hall–Kier alpha value is 0.260. The fourth-order valence-electron chi connectivity index (χ4n) is 1.26. The van der Waals surface area contributed by atoms with Crippen molar-refractivity contribution in [3.8, 4) is 0 Å². The lowest BCUT2D eigenvalue weighted by molar-refractivity contribution is 0.518. The third-order valence-electron chi connectivity index (χ3n) is 2.94. The van der Waals surface area contributed by atoms with Crippen LogP contribution in [-0.4, -0.2) is 31.2 Å². The monoisotopic (exact) mass is 253 g/mol. The Morgan fingerprint density at radius 3 is 2.00 bits per heavy atom. The summed E-state index contributed by atoms with van der Waals surface area (Å²) in [7, 11) is -3.12. The highest BCUT2D eigenvalue weighted by Gasteiger charge is 2.27. The zero-order valence-corrected chi connectivity index (χ0v) is 12.0. The molecule has 0 heterocycles. The van der Waals surface area contributed by atoms with Crippen LogP contribution in [-0.2, 0) is 10.0 Å². The highest BCUT2D eigenvalue weighted by atomic mass is 32.2. The molecule has 0 amide bonds. The molecule has 5 heteroatoms. The normalized spacial score (nSPS) is 13.5. The van der Waals surface area contributed by atoms with Crippen LogP contribution in [0.3, 0.4) is 0 Å². The van der Waals surface area contributed by atoms with E-state index in [-0.39, 0.29) is 10.00 Å². The highest BCUT2D eigenvalue weighted by molar-refractivity contribution is 8.00. The Morgan fingerprint density at radius 1 is 1.27 bits per heavy atom. The van der Waals surface area contributed by atoms with E-state index < -0.39 is 10.0 Å². The van der Waals surface area contributed by atoms with Crippen molar-refractivity contribution in [2.24, 2.45) is 0 Å². The molecule has 0 aromatic rings. The van der Waals surface area contributed by atoms with Crippen LogP contribution in [0.5, 0.6) is 0 Å². The third-order valence-corrected chi connectivity index (χ3v) is 6.31. The minimum atomic E-state index is -3.12. The van der Waals surface area contributed by atoms with Crippen LogP contribution in [0.4, 0.5) is 0 Å². The zero-order valence-electron chi connectivity index (χ0n) is 10.3. The van der Waals surface area contributed by atoms with Gasteiger partial charge < -0.3 is 0 Å². The molecule has 0 aliphatic rings. The van der Waals surface area contributed by atoms with Gasteiger partial charge in [-0.2, -0.15) is 11.8 Å². The molecule has 0 aliphatic heterocycles. The van der Waals surface area contributed by atoms with Gasteiger partial charge in [0.15, 0.2) is 0 Å². The van der Waals surface area contributed by atoms with Gasteiger partial charge in [-0.05, 0) is 32.9 Å². The molecule has 0 fully saturated rings. The van der Waals surface area contributed by atoms with Crippen molar-refractivity contribution >= 4 is 21.8 Å². The number of sulfonamides is 1. The Morgan fingerprint density at radius 2 is 1.73 bits per heavy atom. The predicted molar refractivity (Wildman–Crippen MR) is 68.9 cm³/mol. The van der Waals surface area contributed by atoms with Crippen molar-refractivity contribution < 1.29 is 8.42 Å². The first-order chi connectivity index (χ1) is 6.83. The fraction of sp³-hybridized carbons (Fsp3) is 1.00. The number of hydrogen-bond donors (Lipinski definition) is 1. The first-order valence-corrected chi connectivity index (χ1v) is 8.14. The summed E-state index contributed by atoms with van der Waals surface area (Å²) in [4.78, 5) is 0. The van der Waals surface area contributed by atoms with Crippen LogP contribution in [0.25, 0.3) is 0 Å². The van der Waals surface area contributed by atoms with Gasteiger partial charge in [0.1, 0.15) is 0 Å². The van der Waals surface area contributed by atoms with Crippen LogP contribution >= 0.6 is 11.8 Å². The lowest BCUT2D eigenvalue weighted by atomic mass is 10.0. The van der Waals surface area contributed by atoms with Crippen molar-refractivity contribution in [3.05, 3.63) is 0 Å². The quantitative estimate of drug-likeness (QED) is 0.757. The molecular weight excluding hydrogens is 230 g/mol. The summed E-state index contributed by atoms with van der Waals surface area (Å²) in [6.07, 6.45) is 3.99. The van der Waals surface area contributed by atoms with E-state index in [2.05, 4.69) is 18.6 Å². The molecule has 0 aliphatic carbocycles. The second-order valence-corrected chi connectivity index (χ2v) is 7.60. The van der Waals surface area contributed by atoms with E-state index in [1.54, 1.807) is 25.6 Å². The van der Waals surface area contributed by atoms with Gasteiger partial charge in [-0.1, -0.05) is 13.8 Å². The third kappa shape index (κ3) is 4.33. The van der Waals surface area contributed by atoms with Gasteiger partial charge in [0, 0.05) is 11.3 Å². The van der Waals surface area contributed by atoms with E-state index in [1.165, 1.54) is 0 Å². The second-order valence-electron chi connectivity index (χ2n) is 4.01. The Bertz CT molecular complexity index is 261. The van der Waals surface area contributed by atoms with Gasteiger partial charge in [-0.25, -0.2) is 13.1 Å². The molecule has 0 aromatic heterocycles. The van der Waals surface area contributed by atoms with Gasteiger partial charge in [0.05, 0.1) is 5.25 Å². The second kappa shape index (κ2) is 6.11. The molecule has 0 saturated carbocycles. The summed E-state index contributed by atoms with van der Waals surface area (Å²) in [5.41, 5.74) is 0. The molecule has 15 heavy (non-hydrogen) atoms. The maximum Gasteiger partial charge on any atom is 0.213 e. The minimum Gasteiger partial charge on any atom is -0.214 e. The molecule has 0 radical (unpaired) electrons. The van der Waals surface area contributed by atoms with Crippen molar-refractivity contribution in [1.29, 1.82) is 0 Å². The van der Waals surface area contributed by atoms with Crippen LogP contribution in [0, 0.1) is 0 Å². The van der Waals surface area contributed by atoms with Crippen LogP contribution in [0.15, 0.2) is 0 Å². The maximum absolute atomic E-state index is 11.6. The van der Waals surface area contributed by atoms with E-state index in [4.69, 9.17) is 0 Å². The molecule has 3 nitrogen and oxygen atoms in total. The molecule has 0 saturated heterocycles. The van der Waals surface area contributed by atoms with E-state index in [0.29, 0.717) is 6.54 Å². The summed E-state index contributed by atoms with van der Waals surface area (Å²) in [5.74, 6) is 0. The van der Waals surface area contributed by atoms with E-state index in [1.807, 2.05) is 6.26 Å². The Kier molecular flexibility index (Phi) is 6.21. The number of thioether (sulfide) groups is 1. The molecule has 92 valence electrons. The summed E-state index contributed by atoms with van der Waals surface area (Å²) in [6.45, 7) is 8.12. The van der Waals surface area contributed by atoms with E-state index in [0.717, 1.165) is 12.8 Å². The molecule has 0 aromatic carbocycles. The highest BCUT2D eigenvalue weighted by Crippen LogP contribution is 2.29. The van der Waals surface area contributed by atoms with E-state index >= 15 is 0 Å². The van der Waals surface area contributed by atoms with E-state index in [9.17, 15) is 8.42 Å². The largest absolute Gasteiger partial charge is 0.214 e. The predicted octanol–water partition coefficient (Wildman–Crippen LogP) is 2.24. The first kappa shape index (κ1) is 15.3. The van der Waals surface area contributed by atoms with Gasteiger partial charge >= 0.3 is 0 Å². The van der Waals surface area contributed by atoms with Crippen LogP contribution < -0.4 is 4.72 Å². The molecule has 0 bridgehead atoms. The van der Waals surface area contributed by atoms with Crippen molar-refractivity contribution in [3.63, 3.8) is 0 Å². The SMILES string of the molecule is CCC(CC)(CNS(=O)(=O)C(C)C)SC. The van der Waals surface area contributed by atoms with Crippen LogP contribution in [0.1, 0.15) is 40.5 Å². The zero-order chi connectivity index (χ0) is 12.1. The average Bonchev–Trinajstić information content (AvgIpc) is 2.20. The van der Waals surface area contributed by atoms with Crippen LogP contribution in [0.2, 0.25) is 0 Å². The minimum absolute atomic E-state index is 0.0436. The molecule has 0 unspecified atom stereocenters.